The molecule has 0 aliphatic carbocycles. The third-order valence-electron chi connectivity index (χ3n) is 4.43. The zero-order chi connectivity index (χ0) is 19.4. The number of amides is 1. The van der Waals surface area contributed by atoms with Gasteiger partial charge in [-0.25, -0.2) is 4.39 Å². The van der Waals surface area contributed by atoms with Gasteiger partial charge < -0.3 is 19.4 Å². The number of ether oxygens (including phenoxy) is 1. The van der Waals surface area contributed by atoms with Crippen LogP contribution in [0.2, 0.25) is 0 Å². The van der Waals surface area contributed by atoms with Gasteiger partial charge in [0.05, 0.1) is 20.2 Å². The minimum absolute atomic E-state index is 0.0885. The lowest BCUT2D eigenvalue weighted by molar-refractivity contribution is -0.885. The molecule has 0 saturated carbocycles. The predicted molar refractivity (Wildman–Crippen MR) is 101 cm³/mol. The maximum absolute atomic E-state index is 13.8. The number of rotatable bonds is 7. The van der Waals surface area contributed by atoms with Crippen LogP contribution in [0.15, 0.2) is 52.9 Å². The second-order valence-electron chi connectivity index (χ2n) is 6.76. The molecule has 1 heterocycles. The van der Waals surface area contributed by atoms with Crippen LogP contribution in [-0.4, -0.2) is 26.6 Å². The number of fused-ring (bicyclic) bond motifs is 1. The smallest absolute Gasteiger partial charge is 0.275 e. The number of hydrogen-bond acceptors (Lipinski definition) is 3. The van der Waals surface area contributed by atoms with Crippen LogP contribution in [0, 0.1) is 5.82 Å². The summed E-state index contributed by atoms with van der Waals surface area (Å²) in [6.07, 6.45) is 0. The largest absolute Gasteiger partial charge is 0.494 e. The lowest BCUT2D eigenvalue weighted by atomic mass is 10.2. The molecule has 0 radical (unpaired) electrons. The van der Waals surface area contributed by atoms with E-state index in [0.717, 1.165) is 27.2 Å². The summed E-state index contributed by atoms with van der Waals surface area (Å²) in [6.45, 7) is 2.70. The summed E-state index contributed by atoms with van der Waals surface area (Å²) in [4.78, 5) is 13.3. The molecule has 3 aromatic rings. The average molecular weight is 371 g/mol. The molecule has 6 heteroatoms. The highest BCUT2D eigenvalue weighted by Crippen LogP contribution is 2.23. The Hall–Kier alpha value is -2.86. The van der Waals surface area contributed by atoms with Crippen molar-refractivity contribution in [1.82, 2.24) is 5.32 Å². The lowest BCUT2D eigenvalue weighted by Gasteiger charge is -2.16. The molecule has 3 rings (SSSR count). The van der Waals surface area contributed by atoms with Crippen LogP contribution in [0.4, 0.5) is 4.39 Å². The van der Waals surface area contributed by atoms with Crippen LogP contribution < -0.4 is 15.0 Å². The Morgan fingerprint density at radius 1 is 1.26 bits per heavy atom. The Bertz CT molecular complexity index is 905. The van der Waals surface area contributed by atoms with E-state index < -0.39 is 5.82 Å². The van der Waals surface area contributed by atoms with Crippen molar-refractivity contribution in [2.24, 2.45) is 0 Å². The molecule has 1 amide bonds. The number of quaternary nitrogens is 1. The van der Waals surface area contributed by atoms with Gasteiger partial charge in [-0.05, 0) is 37.3 Å². The van der Waals surface area contributed by atoms with Crippen LogP contribution in [0.5, 0.6) is 5.75 Å². The number of carbonyl (C=O) groups excluding carboxylic acids is 1. The third kappa shape index (κ3) is 4.65. The minimum Gasteiger partial charge on any atom is -0.494 e. The van der Waals surface area contributed by atoms with Crippen molar-refractivity contribution in [1.29, 1.82) is 0 Å². The molecule has 0 aliphatic heterocycles. The van der Waals surface area contributed by atoms with Crippen LogP contribution in [0.25, 0.3) is 11.0 Å². The van der Waals surface area contributed by atoms with Gasteiger partial charge in [-0.3, -0.25) is 4.79 Å². The minimum atomic E-state index is -0.397. The number of likely N-dealkylation sites (N-methyl/N-ethyl adjacent to an activating group) is 1. The number of benzene rings is 2. The van der Waals surface area contributed by atoms with Crippen molar-refractivity contribution in [3.8, 4) is 5.75 Å². The fourth-order valence-corrected chi connectivity index (χ4v) is 3.08. The molecule has 0 spiro atoms. The molecule has 1 unspecified atom stereocenters. The first-order chi connectivity index (χ1) is 13.0. The highest BCUT2D eigenvalue weighted by Gasteiger charge is 2.17. The van der Waals surface area contributed by atoms with Gasteiger partial charge in [0.1, 0.15) is 17.9 Å². The quantitative estimate of drug-likeness (QED) is 0.671. The van der Waals surface area contributed by atoms with Crippen molar-refractivity contribution >= 4 is 16.9 Å². The first-order valence-corrected chi connectivity index (χ1v) is 8.88. The maximum atomic E-state index is 13.8. The molecule has 27 heavy (non-hydrogen) atoms. The molecule has 2 N–H and O–H groups in total. The Morgan fingerprint density at radius 3 is 2.74 bits per heavy atom. The number of para-hydroxylation sites is 1. The number of nitrogens with one attached hydrogen (secondary N) is 2. The fraction of sp³-hybridized carbons (Fsp3) is 0.286. The normalized spacial score (nSPS) is 13.3. The average Bonchev–Trinajstić information content (AvgIpc) is 3.06. The second kappa shape index (κ2) is 8.22. The van der Waals surface area contributed by atoms with Crippen LogP contribution in [-0.2, 0) is 11.3 Å². The van der Waals surface area contributed by atoms with Gasteiger partial charge in [0.25, 0.3) is 5.91 Å². The Morgan fingerprint density at radius 2 is 2.04 bits per heavy atom. The number of halogens is 1. The van der Waals surface area contributed by atoms with E-state index in [-0.39, 0.29) is 24.2 Å². The van der Waals surface area contributed by atoms with E-state index in [2.05, 4.69) is 5.32 Å². The van der Waals surface area contributed by atoms with Crippen molar-refractivity contribution in [3.63, 3.8) is 0 Å². The van der Waals surface area contributed by atoms with Gasteiger partial charge in [0, 0.05) is 10.9 Å². The Balaban J connectivity index is 1.55. The predicted octanol–water partition coefficient (Wildman–Crippen LogP) is 2.47. The molecule has 142 valence electrons. The monoisotopic (exact) mass is 371 g/mol. The van der Waals surface area contributed by atoms with E-state index in [1.807, 2.05) is 44.3 Å². The fourth-order valence-electron chi connectivity index (χ4n) is 3.08. The first kappa shape index (κ1) is 18.9. The van der Waals surface area contributed by atoms with Gasteiger partial charge in [-0.15, -0.1) is 0 Å². The van der Waals surface area contributed by atoms with Crippen molar-refractivity contribution in [3.05, 3.63) is 65.7 Å². The maximum Gasteiger partial charge on any atom is 0.275 e. The van der Waals surface area contributed by atoms with Crippen molar-refractivity contribution in [2.75, 3.05) is 20.7 Å². The van der Waals surface area contributed by atoms with Crippen molar-refractivity contribution < 1.29 is 23.2 Å². The van der Waals surface area contributed by atoms with Gasteiger partial charge in [0.2, 0.25) is 0 Å². The number of methoxy groups -OCH3 is 1. The van der Waals surface area contributed by atoms with E-state index in [1.54, 1.807) is 12.1 Å². The number of carbonyl (C=O) groups is 1. The SMILES string of the molecule is COc1ccc(C[NH+](C)CC(=O)N[C@@H](C)c2cc3ccccc3o2)cc1F. The zero-order valence-electron chi connectivity index (χ0n) is 15.7. The highest BCUT2D eigenvalue weighted by molar-refractivity contribution is 5.79. The molecule has 0 saturated heterocycles. The number of furan rings is 1. The van der Waals surface area contributed by atoms with Crippen LogP contribution in [0.3, 0.4) is 0 Å². The molecule has 2 aromatic carbocycles. The topological polar surface area (TPSA) is 55.9 Å². The summed E-state index contributed by atoms with van der Waals surface area (Å²) >= 11 is 0. The summed E-state index contributed by atoms with van der Waals surface area (Å²) in [6, 6.07) is 14.3. The molecule has 5 nitrogen and oxygen atoms in total. The summed E-state index contributed by atoms with van der Waals surface area (Å²) in [7, 11) is 3.33. The standard InChI is InChI=1S/C21H23FN2O3/c1-14(20-11-16-6-4-5-7-18(16)27-20)23-21(25)13-24(2)12-15-8-9-19(26-3)17(22)10-15/h4-11,14H,12-13H2,1-3H3,(H,23,25)/p+1/t14-/m0/s1. The molecule has 0 fully saturated rings. The third-order valence-corrected chi connectivity index (χ3v) is 4.43. The molecular formula is C21H24FN2O3+. The summed E-state index contributed by atoms with van der Waals surface area (Å²) in [5, 5.41) is 3.97. The molecule has 1 aromatic heterocycles. The number of hydrogen-bond donors (Lipinski definition) is 2. The molecular weight excluding hydrogens is 347 g/mol. The van der Waals surface area contributed by atoms with Crippen LogP contribution in [0.1, 0.15) is 24.3 Å². The summed E-state index contributed by atoms with van der Waals surface area (Å²) in [5.74, 6) is 0.452. The molecule has 0 bridgehead atoms. The van der Waals surface area contributed by atoms with E-state index in [4.69, 9.17) is 9.15 Å². The van der Waals surface area contributed by atoms with E-state index >= 15 is 0 Å². The summed E-state index contributed by atoms with van der Waals surface area (Å²) in [5.41, 5.74) is 1.61. The first-order valence-electron chi connectivity index (χ1n) is 8.88. The van der Waals surface area contributed by atoms with E-state index in [0.29, 0.717) is 6.54 Å². The van der Waals surface area contributed by atoms with Gasteiger partial charge in [0.15, 0.2) is 18.1 Å². The van der Waals surface area contributed by atoms with Gasteiger partial charge in [-0.2, -0.15) is 0 Å². The van der Waals surface area contributed by atoms with Gasteiger partial charge >= 0.3 is 0 Å². The van der Waals surface area contributed by atoms with Gasteiger partial charge in [-0.1, -0.05) is 18.2 Å². The Kier molecular flexibility index (Phi) is 5.76. The zero-order valence-corrected chi connectivity index (χ0v) is 15.7. The van der Waals surface area contributed by atoms with Crippen LogP contribution >= 0.6 is 0 Å². The van der Waals surface area contributed by atoms with E-state index in [1.165, 1.54) is 13.2 Å². The molecule has 0 aliphatic rings. The summed E-state index contributed by atoms with van der Waals surface area (Å²) < 4.78 is 24.5. The Labute approximate surface area is 157 Å². The van der Waals surface area contributed by atoms with Crippen molar-refractivity contribution in [2.45, 2.75) is 19.5 Å². The van der Waals surface area contributed by atoms with E-state index in [9.17, 15) is 9.18 Å². The second-order valence-corrected chi connectivity index (χ2v) is 6.76. The molecule has 2 atom stereocenters. The lowest BCUT2D eigenvalue weighted by Crippen LogP contribution is -3.08. The highest BCUT2D eigenvalue weighted by atomic mass is 19.1.